The normalized spacial score (nSPS) is 16.1. The molecule has 0 amide bonds. The molecule has 2 atom stereocenters. The monoisotopic (exact) mass is 774 g/mol. The van der Waals surface area contributed by atoms with Crippen LogP contribution in [0.3, 0.4) is 0 Å². The van der Waals surface area contributed by atoms with Crippen LogP contribution >= 0.6 is 0 Å². The average Bonchev–Trinajstić information content (AvgIpc) is 3.98. The molecule has 0 saturated carbocycles. The van der Waals surface area contributed by atoms with Crippen LogP contribution in [0.1, 0.15) is 52.2 Å². The van der Waals surface area contributed by atoms with Gasteiger partial charge in [-0.05, 0) is 0 Å². The van der Waals surface area contributed by atoms with Gasteiger partial charge in [-0.25, -0.2) is 0 Å². The van der Waals surface area contributed by atoms with Gasteiger partial charge < -0.3 is 24.8 Å². The second kappa shape index (κ2) is 13.8. The number of benzene rings is 6. The summed E-state index contributed by atoms with van der Waals surface area (Å²) in [6.45, 7) is 0. The Hall–Kier alpha value is -4.66. The van der Waals surface area contributed by atoms with Crippen LogP contribution in [0.4, 0.5) is 0 Å². The van der Waals surface area contributed by atoms with Gasteiger partial charge in [0.1, 0.15) is 0 Å². The van der Waals surface area contributed by atoms with E-state index in [0.717, 1.165) is 11.5 Å². The van der Waals surface area contributed by atoms with Gasteiger partial charge in [0.15, 0.2) is 0 Å². The quantitative estimate of drug-likeness (QED) is 0.208. The minimum absolute atomic E-state index is 0. The molecule has 2 aliphatic carbocycles. The Balaban J connectivity index is 0.00000187. The van der Waals surface area contributed by atoms with Crippen molar-refractivity contribution >= 4 is 43.8 Å². The number of halogens is 2. The van der Waals surface area contributed by atoms with E-state index in [-0.39, 0.29) is 32.1 Å². The SMILES string of the molecule is [Cl-].[Cl-].c1coc(C2=C(c3cccc4ccccc34)c3ccccc3[CH]2[Zr+2][CH]2C(c3ccco3)=C(c3cccc4ccccc34)c3ccccc32)c1. The second-order valence-corrected chi connectivity index (χ2v) is 16.5. The average molecular weight is 777 g/mol. The van der Waals surface area contributed by atoms with Crippen molar-refractivity contribution in [2.45, 2.75) is 7.25 Å². The fourth-order valence-electron chi connectivity index (χ4n) is 8.22. The van der Waals surface area contributed by atoms with E-state index in [1.54, 1.807) is 0 Å². The summed E-state index contributed by atoms with van der Waals surface area (Å²) in [5.41, 5.74) is 13.3. The first-order valence-corrected chi connectivity index (χ1v) is 19.7. The van der Waals surface area contributed by atoms with Crippen LogP contribution in [0.5, 0.6) is 0 Å². The van der Waals surface area contributed by atoms with Crippen molar-refractivity contribution in [3.8, 4) is 0 Å². The molecule has 244 valence electrons. The molecule has 2 heterocycles. The first-order valence-electron chi connectivity index (χ1n) is 16.8. The molecule has 5 heteroatoms. The summed E-state index contributed by atoms with van der Waals surface area (Å²) in [4.78, 5) is 0. The Bertz CT molecular complexity index is 2410. The van der Waals surface area contributed by atoms with E-state index in [9.17, 15) is 0 Å². The third-order valence-corrected chi connectivity index (χ3v) is 14.8. The minimum atomic E-state index is -1.42. The van der Waals surface area contributed by atoms with Crippen LogP contribution in [0.15, 0.2) is 179 Å². The van der Waals surface area contributed by atoms with E-state index in [1.807, 2.05) is 24.7 Å². The third kappa shape index (κ3) is 5.42. The molecule has 0 bridgehead atoms. The molecule has 0 spiro atoms. The van der Waals surface area contributed by atoms with Gasteiger partial charge in [0, 0.05) is 0 Å². The summed E-state index contributed by atoms with van der Waals surface area (Å²) in [5, 5.41) is 5.04. The zero-order chi connectivity index (χ0) is 32.3. The van der Waals surface area contributed by atoms with Crippen molar-refractivity contribution in [2.75, 3.05) is 0 Å². The Morgan fingerprint density at radius 1 is 0.373 bits per heavy atom. The van der Waals surface area contributed by atoms with Crippen molar-refractivity contribution in [1.82, 2.24) is 0 Å². The van der Waals surface area contributed by atoms with Gasteiger partial charge >= 0.3 is 298 Å². The van der Waals surface area contributed by atoms with Gasteiger partial charge in [-0.2, -0.15) is 0 Å². The van der Waals surface area contributed by atoms with Crippen LogP contribution in [-0.2, 0) is 23.2 Å². The molecular formula is C46H30Cl2O2Zr. The molecule has 0 fully saturated rings. The van der Waals surface area contributed by atoms with Gasteiger partial charge in [-0.1, -0.05) is 0 Å². The van der Waals surface area contributed by atoms with E-state index in [4.69, 9.17) is 8.83 Å². The maximum absolute atomic E-state index is 6.35. The van der Waals surface area contributed by atoms with Crippen molar-refractivity contribution in [2.24, 2.45) is 0 Å². The Kier molecular flexibility index (Phi) is 9.07. The molecule has 2 nitrogen and oxygen atoms in total. The molecule has 0 saturated heterocycles. The Morgan fingerprint density at radius 2 is 0.765 bits per heavy atom. The second-order valence-electron chi connectivity index (χ2n) is 12.8. The molecule has 2 aromatic heterocycles. The van der Waals surface area contributed by atoms with Crippen LogP contribution in [0.25, 0.3) is 43.8 Å². The van der Waals surface area contributed by atoms with Crippen LogP contribution < -0.4 is 24.8 Å². The summed E-state index contributed by atoms with van der Waals surface area (Å²) in [6.07, 6.45) is 3.65. The first-order chi connectivity index (χ1) is 24.3. The van der Waals surface area contributed by atoms with Crippen LogP contribution in [-0.4, -0.2) is 0 Å². The molecule has 6 aromatic carbocycles. The van der Waals surface area contributed by atoms with Crippen molar-refractivity contribution in [3.63, 3.8) is 0 Å². The summed E-state index contributed by atoms with van der Waals surface area (Å²) >= 11 is -1.42. The third-order valence-electron chi connectivity index (χ3n) is 10.2. The van der Waals surface area contributed by atoms with E-state index in [1.165, 1.54) is 77.2 Å². The number of hydrogen-bond acceptors (Lipinski definition) is 2. The van der Waals surface area contributed by atoms with E-state index in [0.29, 0.717) is 0 Å². The zero-order valence-corrected chi connectivity index (χ0v) is 31.4. The molecule has 10 rings (SSSR count). The van der Waals surface area contributed by atoms with Gasteiger partial charge in [-0.3, -0.25) is 0 Å². The topological polar surface area (TPSA) is 26.3 Å². The zero-order valence-electron chi connectivity index (χ0n) is 27.4. The number of fused-ring (bicyclic) bond motifs is 4. The molecule has 8 aromatic rings. The fraction of sp³-hybridized carbons (Fsp3) is 0.0435. The molecule has 2 aliphatic rings. The van der Waals surface area contributed by atoms with Crippen LogP contribution in [0.2, 0.25) is 0 Å². The molecule has 51 heavy (non-hydrogen) atoms. The molecule has 2 unspecified atom stereocenters. The summed E-state index contributed by atoms with van der Waals surface area (Å²) in [7, 11) is 0. The molecule has 0 radical (unpaired) electrons. The van der Waals surface area contributed by atoms with Gasteiger partial charge in [0.2, 0.25) is 0 Å². The van der Waals surface area contributed by atoms with Crippen LogP contribution in [0, 0.1) is 0 Å². The first kappa shape index (κ1) is 33.5. The summed E-state index contributed by atoms with van der Waals surface area (Å²) in [6, 6.07) is 57.5. The predicted molar refractivity (Wildman–Crippen MR) is 196 cm³/mol. The number of furan rings is 2. The predicted octanol–water partition coefficient (Wildman–Crippen LogP) is 6.00. The summed E-state index contributed by atoms with van der Waals surface area (Å²) in [5.74, 6) is 1.93. The molecular weight excluding hydrogens is 747 g/mol. The Morgan fingerprint density at radius 3 is 1.22 bits per heavy atom. The number of allylic oxidation sites excluding steroid dienone is 2. The fourth-order valence-corrected chi connectivity index (χ4v) is 13.4. The van der Waals surface area contributed by atoms with Crippen molar-refractivity contribution < 1.29 is 56.9 Å². The van der Waals surface area contributed by atoms with Gasteiger partial charge in [0.25, 0.3) is 0 Å². The van der Waals surface area contributed by atoms with E-state index >= 15 is 0 Å². The van der Waals surface area contributed by atoms with Crippen molar-refractivity contribution in [3.05, 3.63) is 215 Å². The molecule has 0 aliphatic heterocycles. The maximum atomic E-state index is 6.35. The van der Waals surface area contributed by atoms with Gasteiger partial charge in [-0.15, -0.1) is 0 Å². The van der Waals surface area contributed by atoms with Gasteiger partial charge in [0.05, 0.1) is 0 Å². The number of rotatable bonds is 6. The molecule has 0 N–H and O–H groups in total. The number of hydrogen-bond donors (Lipinski definition) is 0. The van der Waals surface area contributed by atoms with E-state index < -0.39 is 23.2 Å². The Labute approximate surface area is 320 Å². The standard InChI is InChI=1S/2C23H15O.2ClH.Zr/c2*1-3-10-18-16(7-1)9-5-12-20(18)23-19-11-4-2-8-17(19)15-21(23)22-13-6-14-24-22;;;/h2*1-15H;2*1H;/q;;;;+2/p-2. The summed E-state index contributed by atoms with van der Waals surface area (Å²) < 4.78 is 13.2. The van der Waals surface area contributed by atoms with Crippen molar-refractivity contribution in [1.29, 1.82) is 0 Å². The van der Waals surface area contributed by atoms with E-state index in [2.05, 4.69) is 146 Å².